The molecule has 0 fully saturated rings. The topological polar surface area (TPSA) is 0 Å². The fourth-order valence-corrected chi connectivity index (χ4v) is 7.89. The highest BCUT2D eigenvalue weighted by molar-refractivity contribution is 6.14. The van der Waals surface area contributed by atoms with Crippen molar-refractivity contribution in [2.45, 2.75) is 0 Å². The summed E-state index contributed by atoms with van der Waals surface area (Å²) >= 11 is 0. The van der Waals surface area contributed by atoms with Crippen LogP contribution in [0.2, 0.25) is 0 Å². The molecule has 10 rings (SSSR count). The summed E-state index contributed by atoms with van der Waals surface area (Å²) in [5.74, 6) is 0. The lowest BCUT2D eigenvalue weighted by Gasteiger charge is -2.13. The molecule has 0 heterocycles. The highest BCUT2D eigenvalue weighted by Gasteiger charge is 2.12. The maximum Gasteiger partial charge on any atom is -0.00266 e. The van der Waals surface area contributed by atoms with Crippen molar-refractivity contribution in [1.29, 1.82) is 0 Å². The number of rotatable bonds is 4. The van der Waals surface area contributed by atoms with Gasteiger partial charge in [0.2, 0.25) is 0 Å². The van der Waals surface area contributed by atoms with Crippen molar-refractivity contribution < 1.29 is 0 Å². The monoisotopic (exact) mass is 632 g/mol. The molecule has 0 N–H and O–H groups in total. The zero-order valence-electron chi connectivity index (χ0n) is 27.5. The third-order valence-corrected chi connectivity index (χ3v) is 10.3. The van der Waals surface area contributed by atoms with Crippen molar-refractivity contribution in [3.05, 3.63) is 193 Å². The van der Waals surface area contributed by atoms with E-state index in [0.29, 0.717) is 0 Å². The number of fused-ring (bicyclic) bond motifs is 6. The fourth-order valence-electron chi connectivity index (χ4n) is 7.89. The van der Waals surface area contributed by atoms with Gasteiger partial charge in [-0.05, 0) is 134 Å². The molecule has 10 aromatic rings. The summed E-state index contributed by atoms with van der Waals surface area (Å²) in [4.78, 5) is 0. The molecule has 0 nitrogen and oxygen atoms in total. The predicted molar refractivity (Wildman–Crippen MR) is 218 cm³/mol. The molecule has 0 aliphatic rings. The van der Waals surface area contributed by atoms with Gasteiger partial charge in [0.25, 0.3) is 0 Å². The minimum absolute atomic E-state index is 1.19. The van der Waals surface area contributed by atoms with E-state index >= 15 is 0 Å². The van der Waals surface area contributed by atoms with Gasteiger partial charge in [-0.3, -0.25) is 0 Å². The molecule has 0 aliphatic carbocycles. The summed E-state index contributed by atoms with van der Waals surface area (Å²) in [6.07, 6.45) is 4.45. The Morgan fingerprint density at radius 3 is 0.940 bits per heavy atom. The Morgan fingerprint density at radius 2 is 0.560 bits per heavy atom. The number of benzene rings is 10. The van der Waals surface area contributed by atoms with Crippen LogP contribution in [-0.2, 0) is 0 Å². The third kappa shape index (κ3) is 4.85. The fraction of sp³-hybridized carbons (Fsp3) is 0. The van der Waals surface area contributed by atoms with Gasteiger partial charge in [-0.1, -0.05) is 158 Å². The van der Waals surface area contributed by atoms with Gasteiger partial charge < -0.3 is 0 Å². The van der Waals surface area contributed by atoms with Crippen LogP contribution in [0.1, 0.15) is 11.1 Å². The zero-order chi connectivity index (χ0) is 33.0. The van der Waals surface area contributed by atoms with Gasteiger partial charge >= 0.3 is 0 Å². The maximum absolute atomic E-state index is 2.34. The third-order valence-electron chi connectivity index (χ3n) is 10.3. The van der Waals surface area contributed by atoms with Gasteiger partial charge in [-0.2, -0.15) is 0 Å². The molecular formula is C50H32. The van der Waals surface area contributed by atoms with Gasteiger partial charge in [0.05, 0.1) is 0 Å². The Bertz CT molecular complexity index is 2670. The van der Waals surface area contributed by atoms with Crippen LogP contribution in [0, 0.1) is 0 Å². The molecule has 10 aromatic carbocycles. The van der Waals surface area contributed by atoms with Crippen LogP contribution in [0.25, 0.3) is 99.0 Å². The molecule has 0 amide bonds. The van der Waals surface area contributed by atoms with Gasteiger partial charge in [0.15, 0.2) is 0 Å². The van der Waals surface area contributed by atoms with E-state index in [4.69, 9.17) is 0 Å². The highest BCUT2D eigenvalue weighted by Crippen LogP contribution is 2.39. The van der Waals surface area contributed by atoms with E-state index < -0.39 is 0 Å². The van der Waals surface area contributed by atoms with Crippen molar-refractivity contribution in [2.24, 2.45) is 0 Å². The second kappa shape index (κ2) is 11.6. The van der Waals surface area contributed by atoms with Crippen LogP contribution >= 0.6 is 0 Å². The molecule has 0 radical (unpaired) electrons. The summed E-state index contributed by atoms with van der Waals surface area (Å²) in [7, 11) is 0. The van der Waals surface area contributed by atoms with Gasteiger partial charge in [0, 0.05) is 0 Å². The minimum Gasteiger partial charge on any atom is -0.0616 e. The summed E-state index contributed by atoms with van der Waals surface area (Å²) in [5, 5.41) is 15.2. The van der Waals surface area contributed by atoms with Crippen molar-refractivity contribution in [2.75, 3.05) is 0 Å². The average molecular weight is 633 g/mol. The zero-order valence-corrected chi connectivity index (χ0v) is 27.5. The van der Waals surface area contributed by atoms with Crippen molar-refractivity contribution >= 4 is 76.8 Å². The first-order chi connectivity index (χ1) is 24.7. The maximum atomic E-state index is 2.34. The second-order valence-electron chi connectivity index (χ2n) is 13.4. The first-order valence-electron chi connectivity index (χ1n) is 17.3. The van der Waals surface area contributed by atoms with E-state index in [2.05, 4.69) is 194 Å². The molecule has 0 aromatic heterocycles. The first kappa shape index (κ1) is 28.5. The van der Waals surface area contributed by atoms with E-state index in [0.717, 1.165) is 0 Å². The molecule has 0 unspecified atom stereocenters. The van der Waals surface area contributed by atoms with Crippen molar-refractivity contribution in [3.63, 3.8) is 0 Å². The Hall–Kier alpha value is -6.50. The number of hydrogen-bond acceptors (Lipinski definition) is 0. The van der Waals surface area contributed by atoms with Crippen LogP contribution in [0.3, 0.4) is 0 Å². The molecule has 0 bridgehead atoms. The van der Waals surface area contributed by atoms with E-state index in [9.17, 15) is 0 Å². The second-order valence-corrected chi connectivity index (χ2v) is 13.4. The van der Waals surface area contributed by atoms with E-state index in [1.165, 1.54) is 98.0 Å². The quantitative estimate of drug-likeness (QED) is 0.134. The predicted octanol–water partition coefficient (Wildman–Crippen LogP) is 14.1. The Labute approximate surface area is 291 Å². The van der Waals surface area contributed by atoms with Crippen LogP contribution in [0.4, 0.5) is 0 Å². The number of hydrogen-bond donors (Lipinski definition) is 0. The molecule has 0 heteroatoms. The van der Waals surface area contributed by atoms with Gasteiger partial charge in [-0.15, -0.1) is 0 Å². The summed E-state index contributed by atoms with van der Waals surface area (Å²) in [6, 6.07) is 66.8. The van der Waals surface area contributed by atoms with Crippen molar-refractivity contribution in [1.82, 2.24) is 0 Å². The largest absolute Gasteiger partial charge is 0.0616 e. The van der Waals surface area contributed by atoms with Crippen LogP contribution in [-0.4, -0.2) is 0 Å². The summed E-state index contributed by atoms with van der Waals surface area (Å²) in [5.41, 5.74) is 7.50. The lowest BCUT2D eigenvalue weighted by atomic mass is 9.91. The Kier molecular flexibility index (Phi) is 6.60. The highest BCUT2D eigenvalue weighted by atomic mass is 14.2. The Morgan fingerprint density at radius 1 is 0.240 bits per heavy atom. The molecule has 0 spiro atoms. The van der Waals surface area contributed by atoms with Crippen LogP contribution < -0.4 is 0 Å². The van der Waals surface area contributed by atoms with Gasteiger partial charge in [0.1, 0.15) is 0 Å². The molecular weight excluding hydrogens is 601 g/mol. The molecule has 0 atom stereocenters. The summed E-state index contributed by atoms with van der Waals surface area (Å²) < 4.78 is 0. The van der Waals surface area contributed by atoms with Gasteiger partial charge in [-0.25, -0.2) is 0 Å². The lowest BCUT2D eigenvalue weighted by Crippen LogP contribution is -1.86. The lowest BCUT2D eigenvalue weighted by molar-refractivity contribution is 1.67. The normalized spacial score (nSPS) is 11.9. The average Bonchev–Trinajstić information content (AvgIpc) is 3.17. The molecule has 0 saturated heterocycles. The van der Waals surface area contributed by atoms with Crippen LogP contribution in [0.5, 0.6) is 0 Å². The smallest absolute Gasteiger partial charge is 0.00266 e. The molecule has 232 valence electrons. The van der Waals surface area contributed by atoms with Crippen LogP contribution in [0.15, 0.2) is 182 Å². The van der Waals surface area contributed by atoms with Crippen molar-refractivity contribution in [3.8, 4) is 22.3 Å². The van der Waals surface area contributed by atoms with E-state index in [1.54, 1.807) is 0 Å². The standard InChI is InChI=1S/C50H32/c1-5-13-45-39(9-1)31-40-10-2-6-14-46(40)49(45)43-25-23-35-27-33(19-21-37(35)29-43)17-18-34-20-22-38-30-44(26-24-36(38)28-34)50-47-15-7-3-11-41(47)32-42-12-4-8-16-48(42)50/h1-32H. The molecule has 50 heavy (non-hydrogen) atoms. The summed E-state index contributed by atoms with van der Waals surface area (Å²) in [6.45, 7) is 0. The van der Waals surface area contributed by atoms with E-state index in [-0.39, 0.29) is 0 Å². The minimum atomic E-state index is 1.19. The SMILES string of the molecule is C(=Cc1ccc2cc(-c3c4ccccc4cc4ccccc34)ccc2c1)c1ccc2cc(-c3c4ccccc4cc4ccccc34)ccc2c1. The first-order valence-corrected chi connectivity index (χ1v) is 17.3. The Balaban J connectivity index is 0.973. The molecule has 0 saturated carbocycles. The molecule has 0 aliphatic heterocycles. The van der Waals surface area contributed by atoms with E-state index in [1.807, 2.05) is 0 Å².